The zero-order chi connectivity index (χ0) is 8.08. The molecule has 0 saturated carbocycles. The molecule has 56 valence electrons. The van der Waals surface area contributed by atoms with Crippen LogP contribution in [0.5, 0.6) is 0 Å². The molecule has 0 radical (unpaired) electrons. The molecular formula is BF3Li3O2PS2. The van der Waals surface area contributed by atoms with E-state index >= 15 is 0 Å². The summed E-state index contributed by atoms with van der Waals surface area (Å²) in [4.78, 5) is 18.6. The first-order valence-corrected chi connectivity index (χ1v) is 5.04. The molecule has 0 amide bonds. The molecule has 0 rings (SSSR count). The predicted octanol–water partition coefficient (Wildman–Crippen LogP) is -9.63. The van der Waals surface area contributed by atoms with Crippen LogP contribution in [-0.4, -0.2) is 7.54 Å². The van der Waals surface area contributed by atoms with E-state index in [1.54, 1.807) is 0 Å². The second-order valence-corrected chi connectivity index (χ2v) is 5.17. The van der Waals surface area contributed by atoms with Crippen LogP contribution in [0, 0.1) is 0 Å². The van der Waals surface area contributed by atoms with E-state index in [2.05, 4.69) is 24.1 Å². The van der Waals surface area contributed by atoms with Crippen LogP contribution in [0.2, 0.25) is 0 Å². The van der Waals surface area contributed by atoms with E-state index in [4.69, 9.17) is 0 Å². The van der Waals surface area contributed by atoms with Gasteiger partial charge in [0.2, 0.25) is 0 Å². The molecule has 0 bridgehead atoms. The van der Waals surface area contributed by atoms with Gasteiger partial charge in [0, 0.05) is 0 Å². The third-order valence-electron chi connectivity index (χ3n) is 0. The average molecular weight is 216 g/mol. The number of hydrogen-bond acceptors (Lipinski definition) is 4. The number of hydrogen-bond donors (Lipinski definition) is 0. The van der Waals surface area contributed by atoms with E-state index in [0.717, 1.165) is 0 Å². The molecule has 0 N–H and O–H groups in total. The first-order valence-electron chi connectivity index (χ1n) is 1.38. The Balaban J connectivity index is -0.0000000221. The summed E-state index contributed by atoms with van der Waals surface area (Å²) in [5.41, 5.74) is -3.72. The van der Waals surface area contributed by atoms with E-state index in [9.17, 15) is 22.7 Å². The second-order valence-electron chi connectivity index (χ2n) is 0.695. The van der Waals surface area contributed by atoms with Gasteiger partial charge in [-0.05, 0) is 0 Å². The Labute approximate surface area is 116 Å². The summed E-state index contributed by atoms with van der Waals surface area (Å²) in [6, 6.07) is 0. The zero-order valence-electron chi connectivity index (χ0n) is 6.79. The van der Waals surface area contributed by atoms with Crippen molar-refractivity contribution in [1.82, 2.24) is 0 Å². The van der Waals surface area contributed by atoms with Crippen molar-refractivity contribution in [1.29, 1.82) is 0 Å². The molecule has 0 aliphatic carbocycles. The standard InChI is InChI=1S/BF3.3Li.H3O2PS2/c2-1(3)4;;;;1-3(2,4)5/h;;;;(H3,1,2,4,5)/q;3*+1;/p-3. The Kier molecular flexibility index (Phi) is 39.1. The first kappa shape index (κ1) is 29.3. The summed E-state index contributed by atoms with van der Waals surface area (Å²) in [5, 5.41) is 0. The average Bonchev–Trinajstić information content (AvgIpc) is 1.19. The third kappa shape index (κ3) is 255. The van der Waals surface area contributed by atoms with Crippen molar-refractivity contribution in [2.45, 2.75) is 0 Å². The van der Waals surface area contributed by atoms with Gasteiger partial charge >= 0.3 is 64.1 Å². The van der Waals surface area contributed by atoms with Crippen LogP contribution in [-0.2, 0) is 24.1 Å². The van der Waals surface area contributed by atoms with Gasteiger partial charge in [0.05, 0.1) is 0 Å². The summed E-state index contributed by atoms with van der Waals surface area (Å²) >= 11 is 7.28. The Bertz CT molecular complexity index is 101. The smallest absolute Gasteiger partial charge is 0.850 e. The fourth-order valence-electron chi connectivity index (χ4n) is 0. The molecule has 0 heterocycles. The van der Waals surface area contributed by atoms with E-state index in [-0.39, 0.29) is 56.6 Å². The van der Waals surface area contributed by atoms with Crippen LogP contribution in [0.15, 0.2) is 0 Å². The normalized spacial score (nSPS) is 7.17. The topological polar surface area (TPSA) is 46.1 Å². The molecule has 0 saturated heterocycles. The van der Waals surface area contributed by atoms with Gasteiger partial charge in [0.1, 0.15) is 0 Å². The van der Waals surface area contributed by atoms with E-state index in [0.29, 0.717) is 0 Å². The van der Waals surface area contributed by atoms with Crippen molar-refractivity contribution in [3.63, 3.8) is 0 Å². The molecule has 0 unspecified atom stereocenters. The molecule has 0 atom stereocenters. The molecule has 0 aliphatic rings. The Morgan fingerprint density at radius 2 is 1.08 bits per heavy atom. The summed E-state index contributed by atoms with van der Waals surface area (Å²) < 4.78 is 29.0. The van der Waals surface area contributed by atoms with E-state index in [1.807, 2.05) is 0 Å². The van der Waals surface area contributed by atoms with Crippen LogP contribution >= 0.6 is 5.69 Å². The fraction of sp³-hybridized carbons (Fsp3) is 0. The minimum absolute atomic E-state index is 0. The molecule has 0 aromatic carbocycles. The maximum absolute atomic E-state index is 9.67. The minimum atomic E-state index is -3.72. The van der Waals surface area contributed by atoms with Gasteiger partial charge in [-0.2, -0.15) is 11.8 Å². The zero-order valence-corrected chi connectivity index (χ0v) is 9.32. The van der Waals surface area contributed by atoms with Crippen molar-refractivity contribution in [3.05, 3.63) is 0 Å². The van der Waals surface area contributed by atoms with E-state index < -0.39 is 13.2 Å². The van der Waals surface area contributed by atoms with Gasteiger partial charge in [0.15, 0.2) is 0 Å². The number of rotatable bonds is 0. The van der Waals surface area contributed by atoms with Crippen LogP contribution in [0.25, 0.3) is 0 Å². The monoisotopic (exact) mass is 216 g/mol. The molecule has 0 aliphatic heterocycles. The molecule has 0 fully saturated rings. The number of halogens is 3. The van der Waals surface area contributed by atoms with Gasteiger partial charge in [0.25, 0.3) is 0 Å². The summed E-state index contributed by atoms with van der Waals surface area (Å²) in [6.07, 6.45) is 0. The Morgan fingerprint density at radius 1 is 1.08 bits per heavy atom. The van der Waals surface area contributed by atoms with Crippen LogP contribution in [0.1, 0.15) is 0 Å². The van der Waals surface area contributed by atoms with Crippen molar-refractivity contribution in [2.75, 3.05) is 0 Å². The van der Waals surface area contributed by atoms with Gasteiger partial charge in [-0.1, -0.05) is 0 Å². The molecule has 2 nitrogen and oxygen atoms in total. The molecule has 0 aromatic rings. The maximum atomic E-state index is 9.67. The van der Waals surface area contributed by atoms with Gasteiger partial charge < -0.3 is 27.7 Å². The summed E-state index contributed by atoms with van der Waals surface area (Å²) in [6.45, 7) is 0. The van der Waals surface area contributed by atoms with Crippen LogP contribution in [0.3, 0.4) is 0 Å². The predicted molar refractivity (Wildman–Crippen MR) is 30.7 cm³/mol. The largest absolute Gasteiger partial charge is 1.00 e. The SMILES string of the molecule is FB(F)F.[Li+].[Li+].[Li+].[O-]P([O-])(=S)[S-]. The maximum Gasteiger partial charge on any atom is 1.00 e. The second kappa shape index (κ2) is 16.0. The Morgan fingerprint density at radius 3 is 1.08 bits per heavy atom. The van der Waals surface area contributed by atoms with Gasteiger partial charge in [-0.15, -0.1) is 0 Å². The third-order valence-corrected chi connectivity index (χ3v) is 0. The molecule has 0 aromatic heterocycles. The van der Waals surface area contributed by atoms with Crippen molar-refractivity contribution < 1.29 is 79.3 Å². The molecule has 12 heteroatoms. The van der Waals surface area contributed by atoms with Crippen molar-refractivity contribution in [3.8, 4) is 0 Å². The fourth-order valence-corrected chi connectivity index (χ4v) is 0. The van der Waals surface area contributed by atoms with Crippen LogP contribution in [0.4, 0.5) is 12.9 Å². The quantitative estimate of drug-likeness (QED) is 0.229. The van der Waals surface area contributed by atoms with Crippen molar-refractivity contribution in [2.24, 2.45) is 0 Å². The van der Waals surface area contributed by atoms with Crippen LogP contribution < -0.4 is 66.4 Å². The van der Waals surface area contributed by atoms with Gasteiger partial charge in [-0.3, -0.25) is 12.9 Å². The summed E-state index contributed by atoms with van der Waals surface area (Å²) in [5.74, 6) is 0. The van der Waals surface area contributed by atoms with E-state index in [1.165, 1.54) is 0 Å². The molecular weight excluding hydrogens is 216 g/mol. The molecule has 12 heavy (non-hydrogen) atoms. The minimum Gasteiger partial charge on any atom is -0.850 e. The Hall–Kier alpha value is 2.57. The summed E-state index contributed by atoms with van der Waals surface area (Å²) in [7, 11) is -3.67. The molecule has 0 spiro atoms. The first-order chi connectivity index (χ1) is 3.73. The van der Waals surface area contributed by atoms with Crippen molar-refractivity contribution >= 4 is 37.3 Å². The van der Waals surface area contributed by atoms with Gasteiger partial charge in [-0.25, -0.2) is 0 Å².